The maximum absolute atomic E-state index is 14.0. The van der Waals surface area contributed by atoms with Crippen molar-refractivity contribution in [2.45, 2.75) is 32.6 Å². The number of halogens is 4. The van der Waals surface area contributed by atoms with Crippen molar-refractivity contribution in [2.75, 3.05) is 10.2 Å². The Kier molecular flexibility index (Phi) is 8.77. The maximum atomic E-state index is 14.0. The number of carbonyl (C=O) groups excluding carboxylic acids is 1. The molecule has 212 valence electrons. The normalized spacial score (nSPS) is 11.3. The van der Waals surface area contributed by atoms with Crippen LogP contribution < -0.4 is 15.0 Å². The minimum absolute atomic E-state index is 0.0227. The van der Waals surface area contributed by atoms with Crippen LogP contribution >= 0.6 is 11.6 Å². The Bertz CT molecular complexity index is 1550. The standard InChI is InChI=1S/C29H24ClF3N4O4/c1-17(2)37(27(38)24-8-6-19(30)15-36-24)25-9-7-21(13-22(25)28(39)40)41-26-10-5-18(12-23(26)29(31,32)33)14-35-20-4-3-11-34-16-20/h3-13,15-17,35H,14H2,1-2H3,(H,39,40). The van der Waals surface area contributed by atoms with E-state index in [-0.39, 0.29) is 29.2 Å². The van der Waals surface area contributed by atoms with Crippen LogP contribution in [0, 0.1) is 0 Å². The molecule has 12 heteroatoms. The molecule has 2 N–H and O–H groups in total. The van der Waals surface area contributed by atoms with Crippen molar-refractivity contribution in [3.8, 4) is 11.5 Å². The Labute approximate surface area is 238 Å². The van der Waals surface area contributed by atoms with E-state index in [2.05, 4.69) is 15.3 Å². The zero-order valence-corrected chi connectivity index (χ0v) is 22.6. The van der Waals surface area contributed by atoms with Gasteiger partial charge in [-0.15, -0.1) is 0 Å². The number of nitrogens with one attached hydrogen (secondary N) is 1. The van der Waals surface area contributed by atoms with E-state index >= 15 is 0 Å². The van der Waals surface area contributed by atoms with Crippen LogP contribution in [0.5, 0.6) is 11.5 Å². The summed E-state index contributed by atoms with van der Waals surface area (Å²) in [6.07, 6.45) is -0.329. The number of pyridine rings is 2. The summed E-state index contributed by atoms with van der Waals surface area (Å²) in [4.78, 5) is 34.6. The first-order valence-electron chi connectivity index (χ1n) is 12.3. The Morgan fingerprint density at radius 1 is 1.07 bits per heavy atom. The van der Waals surface area contributed by atoms with Crippen molar-refractivity contribution in [3.05, 3.63) is 107 Å². The maximum Gasteiger partial charge on any atom is 0.419 e. The number of nitrogens with zero attached hydrogens (tertiary/aromatic N) is 3. The lowest BCUT2D eigenvalue weighted by Crippen LogP contribution is -2.38. The second-order valence-electron chi connectivity index (χ2n) is 9.14. The van der Waals surface area contributed by atoms with Gasteiger partial charge in [0.15, 0.2) is 0 Å². The van der Waals surface area contributed by atoms with Crippen molar-refractivity contribution < 1.29 is 32.6 Å². The van der Waals surface area contributed by atoms with Gasteiger partial charge in [-0.1, -0.05) is 17.7 Å². The summed E-state index contributed by atoms with van der Waals surface area (Å²) >= 11 is 5.86. The topological polar surface area (TPSA) is 105 Å². The Hall–Kier alpha value is -4.64. The first-order chi connectivity index (χ1) is 19.4. The van der Waals surface area contributed by atoms with Gasteiger partial charge in [0.2, 0.25) is 0 Å². The zero-order valence-electron chi connectivity index (χ0n) is 21.8. The monoisotopic (exact) mass is 584 g/mol. The lowest BCUT2D eigenvalue weighted by atomic mass is 10.1. The van der Waals surface area contributed by atoms with Gasteiger partial charge in [-0.2, -0.15) is 13.2 Å². The second kappa shape index (κ2) is 12.3. The highest BCUT2D eigenvalue weighted by Crippen LogP contribution is 2.40. The fraction of sp³-hybridized carbons (Fsp3) is 0.172. The van der Waals surface area contributed by atoms with Crippen LogP contribution in [0.15, 0.2) is 79.3 Å². The van der Waals surface area contributed by atoms with E-state index in [1.54, 1.807) is 38.4 Å². The van der Waals surface area contributed by atoms with Gasteiger partial charge in [-0.05, 0) is 74.0 Å². The molecule has 2 heterocycles. The molecule has 2 aromatic carbocycles. The molecule has 4 rings (SSSR count). The highest BCUT2D eigenvalue weighted by Gasteiger charge is 2.35. The molecule has 0 atom stereocenters. The van der Waals surface area contributed by atoms with Crippen LogP contribution in [-0.2, 0) is 12.7 Å². The molecule has 0 bridgehead atoms. The van der Waals surface area contributed by atoms with Gasteiger partial charge in [0.05, 0.1) is 27.5 Å². The van der Waals surface area contributed by atoms with E-state index in [0.717, 1.165) is 12.1 Å². The first kappa shape index (κ1) is 29.3. The summed E-state index contributed by atoms with van der Waals surface area (Å²) in [6.45, 7) is 3.48. The van der Waals surface area contributed by atoms with E-state index in [1.807, 2.05) is 0 Å². The summed E-state index contributed by atoms with van der Waals surface area (Å²) in [5, 5.41) is 13.3. The third kappa shape index (κ3) is 7.12. The number of carbonyl (C=O) groups is 2. The quantitative estimate of drug-likeness (QED) is 0.212. The number of carboxylic acid groups (broad SMARTS) is 1. The zero-order chi connectivity index (χ0) is 29.7. The highest BCUT2D eigenvalue weighted by molar-refractivity contribution is 6.30. The minimum Gasteiger partial charge on any atom is -0.478 e. The predicted octanol–water partition coefficient (Wildman–Crippen LogP) is 7.31. The fourth-order valence-electron chi connectivity index (χ4n) is 4.00. The number of benzene rings is 2. The first-order valence-corrected chi connectivity index (χ1v) is 12.7. The van der Waals surface area contributed by atoms with Gasteiger partial charge >= 0.3 is 12.1 Å². The number of hydrogen-bond acceptors (Lipinski definition) is 6. The molecule has 0 aliphatic rings. The minimum atomic E-state index is -4.75. The molecule has 2 aromatic heterocycles. The number of anilines is 2. The Morgan fingerprint density at radius 2 is 1.85 bits per heavy atom. The van der Waals surface area contributed by atoms with Gasteiger partial charge in [0.25, 0.3) is 5.91 Å². The van der Waals surface area contributed by atoms with E-state index in [9.17, 15) is 27.9 Å². The van der Waals surface area contributed by atoms with Crippen molar-refractivity contribution in [1.82, 2.24) is 9.97 Å². The van der Waals surface area contributed by atoms with Crippen molar-refractivity contribution in [3.63, 3.8) is 0 Å². The third-order valence-electron chi connectivity index (χ3n) is 5.88. The summed E-state index contributed by atoms with van der Waals surface area (Å²) in [5.74, 6) is -2.64. The van der Waals surface area contributed by atoms with Crippen molar-refractivity contribution in [2.24, 2.45) is 0 Å². The van der Waals surface area contributed by atoms with Crippen molar-refractivity contribution in [1.29, 1.82) is 0 Å². The summed E-state index contributed by atoms with van der Waals surface area (Å²) in [5.41, 5.74) is -0.330. The number of ether oxygens (including phenoxy) is 1. The van der Waals surface area contributed by atoms with Gasteiger partial charge < -0.3 is 20.1 Å². The molecule has 0 aliphatic heterocycles. The number of alkyl halides is 3. The molecular weight excluding hydrogens is 561 g/mol. The van der Waals surface area contributed by atoms with Crippen LogP contribution in [-0.4, -0.2) is 33.0 Å². The second-order valence-corrected chi connectivity index (χ2v) is 9.58. The largest absolute Gasteiger partial charge is 0.478 e. The molecule has 0 saturated carbocycles. The molecule has 4 aromatic rings. The van der Waals surface area contributed by atoms with Gasteiger partial charge in [0.1, 0.15) is 17.2 Å². The lowest BCUT2D eigenvalue weighted by molar-refractivity contribution is -0.138. The molecule has 0 saturated heterocycles. The molecule has 0 spiro atoms. The average molecular weight is 585 g/mol. The smallest absolute Gasteiger partial charge is 0.419 e. The number of amides is 1. The molecule has 41 heavy (non-hydrogen) atoms. The van der Waals surface area contributed by atoms with Crippen LogP contribution in [0.4, 0.5) is 24.5 Å². The molecule has 0 unspecified atom stereocenters. The Balaban J connectivity index is 1.65. The van der Waals surface area contributed by atoms with E-state index in [4.69, 9.17) is 16.3 Å². The van der Waals surface area contributed by atoms with Crippen LogP contribution in [0.3, 0.4) is 0 Å². The number of rotatable bonds is 9. The van der Waals surface area contributed by atoms with Crippen LogP contribution in [0.2, 0.25) is 5.02 Å². The highest BCUT2D eigenvalue weighted by atomic mass is 35.5. The summed E-state index contributed by atoms with van der Waals surface area (Å²) in [6, 6.07) is 13.1. The third-order valence-corrected chi connectivity index (χ3v) is 6.10. The molecule has 8 nitrogen and oxygen atoms in total. The molecule has 0 fully saturated rings. The van der Waals surface area contributed by atoms with Gasteiger partial charge in [-0.25, -0.2) is 9.78 Å². The lowest BCUT2D eigenvalue weighted by Gasteiger charge is -2.28. The van der Waals surface area contributed by atoms with Crippen molar-refractivity contribution >= 4 is 34.9 Å². The van der Waals surface area contributed by atoms with Gasteiger partial charge in [-0.3, -0.25) is 9.78 Å². The van der Waals surface area contributed by atoms with E-state index in [0.29, 0.717) is 16.3 Å². The Morgan fingerprint density at radius 3 is 2.46 bits per heavy atom. The molecule has 0 aliphatic carbocycles. The molecule has 1 amide bonds. The summed E-state index contributed by atoms with van der Waals surface area (Å²) in [7, 11) is 0. The predicted molar refractivity (Wildman–Crippen MR) is 148 cm³/mol. The van der Waals surface area contributed by atoms with Crippen LogP contribution in [0.25, 0.3) is 0 Å². The molecular formula is C29H24ClF3N4O4. The van der Waals surface area contributed by atoms with E-state index in [1.165, 1.54) is 47.5 Å². The average Bonchev–Trinajstić information content (AvgIpc) is 2.93. The van der Waals surface area contributed by atoms with Crippen LogP contribution in [0.1, 0.15) is 45.8 Å². The number of carboxylic acids is 1. The van der Waals surface area contributed by atoms with E-state index < -0.39 is 35.4 Å². The fourth-order valence-corrected chi connectivity index (χ4v) is 4.12. The molecule has 0 radical (unpaired) electrons. The number of aromatic carboxylic acids is 1. The number of aromatic nitrogens is 2. The summed E-state index contributed by atoms with van der Waals surface area (Å²) < 4.78 is 47.5. The van der Waals surface area contributed by atoms with Gasteiger partial charge in [0, 0.05) is 31.2 Å². The number of hydrogen-bond donors (Lipinski definition) is 2. The SMILES string of the molecule is CC(C)N(C(=O)c1ccc(Cl)cn1)c1ccc(Oc2ccc(CNc3cccnc3)cc2C(F)(F)F)cc1C(=O)O.